The van der Waals surface area contributed by atoms with E-state index in [-0.39, 0.29) is 5.91 Å². The second-order valence-corrected chi connectivity index (χ2v) is 5.57. The molecule has 1 amide bonds. The summed E-state index contributed by atoms with van der Waals surface area (Å²) < 4.78 is 0. The van der Waals surface area contributed by atoms with Crippen LogP contribution in [0.1, 0.15) is 29.5 Å². The lowest BCUT2D eigenvalue weighted by Crippen LogP contribution is -2.25. The summed E-state index contributed by atoms with van der Waals surface area (Å²) in [5.74, 6) is 0.0680. The fourth-order valence-electron chi connectivity index (χ4n) is 1.78. The second-order valence-electron chi connectivity index (χ2n) is 4.72. The third-order valence-corrected chi connectivity index (χ3v) is 3.36. The monoisotopic (exact) mass is 338 g/mol. The van der Waals surface area contributed by atoms with Gasteiger partial charge in [-0.25, -0.2) is 9.97 Å². The number of nitrogens with zero attached hydrogens (tertiary/aromatic N) is 2. The maximum atomic E-state index is 12.0. The van der Waals surface area contributed by atoms with Crippen molar-refractivity contribution in [2.75, 3.05) is 11.9 Å². The number of hydrogen-bond acceptors (Lipinski definition) is 4. The Bertz CT molecular complexity index is 691. The Kier molecular flexibility index (Phi) is 5.57. The summed E-state index contributed by atoms with van der Waals surface area (Å²) in [7, 11) is 0. The summed E-state index contributed by atoms with van der Waals surface area (Å²) >= 11 is 12.1. The standard InChI is InChI=1S/C15H16Cl2N4O/c1-3-6-18-14(22)13-7-9(2)19-15(21-13)20-12-8-10(16)4-5-11(12)17/h4-5,7-8H,3,6H2,1-2H3,(H,18,22)(H,19,20,21). The Hall–Kier alpha value is -1.85. The van der Waals surface area contributed by atoms with Gasteiger partial charge in [-0.1, -0.05) is 30.1 Å². The molecule has 0 saturated heterocycles. The molecule has 2 aromatic rings. The van der Waals surface area contributed by atoms with Gasteiger partial charge in [0.15, 0.2) is 0 Å². The van der Waals surface area contributed by atoms with Crippen molar-refractivity contribution in [2.45, 2.75) is 20.3 Å². The van der Waals surface area contributed by atoms with E-state index in [1.54, 1.807) is 31.2 Å². The number of nitrogens with one attached hydrogen (secondary N) is 2. The van der Waals surface area contributed by atoms with Crippen LogP contribution in [0, 0.1) is 6.92 Å². The molecule has 0 spiro atoms. The maximum Gasteiger partial charge on any atom is 0.270 e. The van der Waals surface area contributed by atoms with Crippen LogP contribution < -0.4 is 10.6 Å². The molecule has 116 valence electrons. The van der Waals surface area contributed by atoms with E-state index < -0.39 is 0 Å². The van der Waals surface area contributed by atoms with Crippen LogP contribution in [0.15, 0.2) is 24.3 Å². The molecule has 22 heavy (non-hydrogen) atoms. The Labute approximate surface area is 139 Å². The molecule has 1 heterocycles. The van der Waals surface area contributed by atoms with Gasteiger partial charge in [0.2, 0.25) is 5.95 Å². The predicted octanol–water partition coefficient (Wildman–Crippen LogP) is 3.98. The zero-order valence-corrected chi connectivity index (χ0v) is 13.8. The smallest absolute Gasteiger partial charge is 0.270 e. The minimum Gasteiger partial charge on any atom is -0.351 e. The van der Waals surface area contributed by atoms with E-state index >= 15 is 0 Å². The van der Waals surface area contributed by atoms with Crippen molar-refractivity contribution in [3.05, 3.63) is 45.7 Å². The van der Waals surface area contributed by atoms with E-state index in [1.807, 2.05) is 6.92 Å². The number of rotatable bonds is 5. The summed E-state index contributed by atoms with van der Waals surface area (Å²) in [6.45, 7) is 4.38. The van der Waals surface area contributed by atoms with E-state index in [0.717, 1.165) is 6.42 Å². The number of benzene rings is 1. The lowest BCUT2D eigenvalue weighted by Gasteiger charge is -2.10. The van der Waals surface area contributed by atoms with E-state index in [4.69, 9.17) is 23.2 Å². The molecule has 0 saturated carbocycles. The van der Waals surface area contributed by atoms with Crippen LogP contribution in [0.3, 0.4) is 0 Å². The number of aromatic nitrogens is 2. The Morgan fingerprint density at radius 3 is 2.73 bits per heavy atom. The first-order chi connectivity index (χ1) is 10.5. The minimum atomic E-state index is -0.229. The highest BCUT2D eigenvalue weighted by atomic mass is 35.5. The first-order valence-corrected chi connectivity index (χ1v) is 7.61. The fraction of sp³-hybridized carbons (Fsp3) is 0.267. The summed E-state index contributed by atoms with van der Waals surface area (Å²) in [6, 6.07) is 6.68. The molecule has 1 aromatic carbocycles. The molecule has 0 atom stereocenters. The highest BCUT2D eigenvalue weighted by Gasteiger charge is 2.11. The average Bonchev–Trinajstić information content (AvgIpc) is 2.48. The van der Waals surface area contributed by atoms with Gasteiger partial charge in [-0.2, -0.15) is 0 Å². The van der Waals surface area contributed by atoms with Crippen LogP contribution in [0.5, 0.6) is 0 Å². The number of carbonyl (C=O) groups is 1. The van der Waals surface area contributed by atoms with Crippen LogP contribution in [-0.4, -0.2) is 22.4 Å². The highest BCUT2D eigenvalue weighted by Crippen LogP contribution is 2.27. The fourth-order valence-corrected chi connectivity index (χ4v) is 2.12. The molecule has 0 aliphatic heterocycles. The number of halogens is 2. The van der Waals surface area contributed by atoms with Gasteiger partial charge in [-0.3, -0.25) is 4.79 Å². The molecule has 0 unspecified atom stereocenters. The lowest BCUT2D eigenvalue weighted by atomic mass is 10.3. The molecular weight excluding hydrogens is 323 g/mol. The van der Waals surface area contributed by atoms with Gasteiger partial charge in [0.25, 0.3) is 5.91 Å². The average molecular weight is 339 g/mol. The molecule has 5 nitrogen and oxygen atoms in total. The van der Waals surface area contributed by atoms with Gasteiger partial charge in [-0.15, -0.1) is 0 Å². The zero-order valence-electron chi connectivity index (χ0n) is 12.3. The molecule has 2 rings (SSSR count). The van der Waals surface area contributed by atoms with Gasteiger partial charge in [0, 0.05) is 17.3 Å². The Balaban J connectivity index is 2.26. The molecule has 0 bridgehead atoms. The molecule has 7 heteroatoms. The molecule has 0 fully saturated rings. The molecule has 1 aromatic heterocycles. The van der Waals surface area contributed by atoms with Crippen molar-refractivity contribution >= 4 is 40.7 Å². The first-order valence-electron chi connectivity index (χ1n) is 6.85. The Morgan fingerprint density at radius 1 is 1.23 bits per heavy atom. The summed E-state index contributed by atoms with van der Waals surface area (Å²) in [4.78, 5) is 20.5. The molecule has 0 radical (unpaired) electrons. The van der Waals surface area contributed by atoms with E-state index in [2.05, 4.69) is 20.6 Å². The number of hydrogen-bond donors (Lipinski definition) is 2. The van der Waals surface area contributed by atoms with E-state index in [1.165, 1.54) is 0 Å². The molecular formula is C15H16Cl2N4O. The largest absolute Gasteiger partial charge is 0.351 e. The third kappa shape index (κ3) is 4.32. The third-order valence-electron chi connectivity index (χ3n) is 2.80. The highest BCUT2D eigenvalue weighted by molar-refractivity contribution is 6.35. The van der Waals surface area contributed by atoms with E-state index in [9.17, 15) is 4.79 Å². The van der Waals surface area contributed by atoms with Gasteiger partial charge < -0.3 is 10.6 Å². The van der Waals surface area contributed by atoms with Gasteiger partial charge >= 0.3 is 0 Å². The zero-order chi connectivity index (χ0) is 16.1. The van der Waals surface area contributed by atoms with Crippen molar-refractivity contribution in [3.63, 3.8) is 0 Å². The number of amides is 1. The molecule has 2 N–H and O–H groups in total. The first kappa shape index (κ1) is 16.5. The summed E-state index contributed by atoms with van der Waals surface area (Å²) in [5, 5.41) is 6.80. The van der Waals surface area contributed by atoms with Gasteiger partial charge in [0.05, 0.1) is 10.7 Å². The number of anilines is 2. The van der Waals surface area contributed by atoms with Crippen molar-refractivity contribution < 1.29 is 4.79 Å². The SMILES string of the molecule is CCCNC(=O)c1cc(C)nc(Nc2cc(Cl)ccc2Cl)n1. The topological polar surface area (TPSA) is 66.9 Å². The summed E-state index contributed by atoms with van der Waals surface area (Å²) in [6.07, 6.45) is 0.860. The van der Waals surface area contributed by atoms with Crippen molar-refractivity contribution in [3.8, 4) is 0 Å². The van der Waals surface area contributed by atoms with Crippen LogP contribution in [-0.2, 0) is 0 Å². The van der Waals surface area contributed by atoms with Gasteiger partial charge in [-0.05, 0) is 37.6 Å². The summed E-state index contributed by atoms with van der Waals surface area (Å²) in [5.41, 5.74) is 1.57. The second kappa shape index (κ2) is 7.42. The van der Waals surface area contributed by atoms with Crippen molar-refractivity contribution in [1.82, 2.24) is 15.3 Å². The van der Waals surface area contributed by atoms with Crippen LogP contribution in [0.4, 0.5) is 11.6 Å². The maximum absolute atomic E-state index is 12.0. The van der Waals surface area contributed by atoms with E-state index in [0.29, 0.717) is 39.6 Å². The predicted molar refractivity (Wildman–Crippen MR) is 89.1 cm³/mol. The minimum absolute atomic E-state index is 0.229. The van der Waals surface area contributed by atoms with Crippen LogP contribution in [0.25, 0.3) is 0 Å². The van der Waals surface area contributed by atoms with Crippen molar-refractivity contribution in [2.24, 2.45) is 0 Å². The van der Waals surface area contributed by atoms with Crippen molar-refractivity contribution in [1.29, 1.82) is 0 Å². The normalized spacial score (nSPS) is 10.4. The van der Waals surface area contributed by atoms with Crippen LogP contribution in [0.2, 0.25) is 10.0 Å². The lowest BCUT2D eigenvalue weighted by molar-refractivity contribution is 0.0948. The number of carbonyl (C=O) groups excluding carboxylic acids is 1. The van der Waals surface area contributed by atoms with Crippen LogP contribution >= 0.6 is 23.2 Å². The quantitative estimate of drug-likeness (QED) is 0.865. The molecule has 0 aliphatic rings. The number of aryl methyl sites for hydroxylation is 1. The van der Waals surface area contributed by atoms with Gasteiger partial charge in [0.1, 0.15) is 5.69 Å². The molecule has 0 aliphatic carbocycles. The Morgan fingerprint density at radius 2 is 2.00 bits per heavy atom.